The van der Waals surface area contributed by atoms with Crippen LogP contribution in [-0.2, 0) is 0 Å². The predicted molar refractivity (Wildman–Crippen MR) is 112 cm³/mol. The van der Waals surface area contributed by atoms with Gasteiger partial charge in [-0.15, -0.1) is 11.3 Å². The van der Waals surface area contributed by atoms with Crippen LogP contribution in [0, 0.1) is 12.7 Å². The molecule has 0 saturated carbocycles. The van der Waals surface area contributed by atoms with Crippen molar-refractivity contribution < 1.29 is 13.6 Å². The highest BCUT2D eigenvalue weighted by atomic mass is 35.5. The average Bonchev–Trinajstić information content (AvgIpc) is 3.38. The number of hydrogen-bond donors (Lipinski definition) is 1. The van der Waals surface area contributed by atoms with Crippen molar-refractivity contribution in [2.24, 2.45) is 0 Å². The number of hydrogen-bond acceptors (Lipinski definition) is 4. The van der Waals surface area contributed by atoms with Crippen molar-refractivity contribution in [3.8, 4) is 11.3 Å². The Morgan fingerprint density at radius 3 is 2.79 bits per heavy atom. The second-order valence-corrected chi connectivity index (χ2v) is 7.78. The number of carbonyl (C=O) groups is 1. The molecule has 0 aliphatic rings. The first kappa shape index (κ1) is 17.9. The van der Waals surface area contributed by atoms with Gasteiger partial charge in [0.1, 0.15) is 17.3 Å². The number of nitrogens with one attached hydrogen (secondary N) is 1. The van der Waals surface area contributed by atoms with Crippen molar-refractivity contribution >= 4 is 50.6 Å². The van der Waals surface area contributed by atoms with Gasteiger partial charge in [-0.2, -0.15) is 0 Å². The lowest BCUT2D eigenvalue weighted by atomic mass is 10.1. The number of anilines is 1. The maximum Gasteiger partial charge on any atom is 0.292 e. The summed E-state index contributed by atoms with van der Waals surface area (Å²) in [5.74, 6) is -0.0755. The van der Waals surface area contributed by atoms with E-state index in [9.17, 15) is 9.18 Å². The Kier molecular flexibility index (Phi) is 4.15. The van der Waals surface area contributed by atoms with E-state index in [0.717, 1.165) is 5.39 Å². The number of carbonyl (C=O) groups excluding carboxylic acids is 1. The Hall–Kier alpha value is -3.16. The molecule has 1 N–H and O–H groups in total. The van der Waals surface area contributed by atoms with Crippen LogP contribution in [0.2, 0.25) is 5.02 Å². The lowest BCUT2D eigenvalue weighted by molar-refractivity contribution is 0.0997. The molecule has 5 nitrogen and oxygen atoms in total. The molecule has 29 heavy (non-hydrogen) atoms. The zero-order chi connectivity index (χ0) is 20.1. The SMILES string of the molecule is Cc1c(C(=O)Nc2c(-c3ccc(F)cc3)nc3sccn23)oc2c(Cl)cccc12. The van der Waals surface area contributed by atoms with Crippen LogP contribution in [0.4, 0.5) is 10.2 Å². The fourth-order valence-electron chi connectivity index (χ4n) is 3.30. The van der Waals surface area contributed by atoms with E-state index in [1.54, 1.807) is 22.6 Å². The minimum atomic E-state index is -0.411. The number of nitrogens with zero attached hydrogens (tertiary/aromatic N) is 2. The van der Waals surface area contributed by atoms with E-state index in [-0.39, 0.29) is 11.6 Å². The summed E-state index contributed by atoms with van der Waals surface area (Å²) >= 11 is 7.64. The van der Waals surface area contributed by atoms with Crippen LogP contribution in [0.5, 0.6) is 0 Å². The Morgan fingerprint density at radius 2 is 2.03 bits per heavy atom. The molecule has 144 valence electrons. The number of aromatic nitrogens is 2. The molecule has 0 atom stereocenters. The summed E-state index contributed by atoms with van der Waals surface area (Å²) in [5, 5.41) is 6.01. The summed E-state index contributed by atoms with van der Waals surface area (Å²) in [6.45, 7) is 1.81. The highest BCUT2D eigenvalue weighted by Gasteiger charge is 2.23. The van der Waals surface area contributed by atoms with Gasteiger partial charge in [0, 0.05) is 28.1 Å². The van der Waals surface area contributed by atoms with Crippen LogP contribution < -0.4 is 5.32 Å². The maximum absolute atomic E-state index is 13.3. The van der Waals surface area contributed by atoms with Gasteiger partial charge in [0.05, 0.1) is 5.02 Å². The first-order valence-electron chi connectivity index (χ1n) is 8.73. The summed E-state index contributed by atoms with van der Waals surface area (Å²) in [7, 11) is 0. The minimum Gasteiger partial charge on any atom is -0.449 e. The predicted octanol–water partition coefficient (Wildman–Crippen LogP) is 6.16. The fraction of sp³-hybridized carbons (Fsp3) is 0.0476. The fourth-order valence-corrected chi connectivity index (χ4v) is 4.23. The number of fused-ring (bicyclic) bond motifs is 2. The first-order chi connectivity index (χ1) is 14.0. The number of amides is 1. The van der Waals surface area contributed by atoms with Gasteiger partial charge in [-0.1, -0.05) is 23.7 Å². The molecule has 3 aromatic heterocycles. The van der Waals surface area contributed by atoms with Crippen LogP contribution in [0.1, 0.15) is 16.1 Å². The van der Waals surface area contributed by atoms with Gasteiger partial charge < -0.3 is 9.73 Å². The van der Waals surface area contributed by atoms with Gasteiger partial charge in [0.2, 0.25) is 0 Å². The van der Waals surface area contributed by atoms with E-state index in [4.69, 9.17) is 16.0 Å². The molecular formula is C21H13ClFN3O2S. The van der Waals surface area contributed by atoms with Crippen LogP contribution in [-0.4, -0.2) is 15.3 Å². The highest BCUT2D eigenvalue weighted by Crippen LogP contribution is 2.34. The third kappa shape index (κ3) is 2.90. The van der Waals surface area contributed by atoms with Crippen LogP contribution in [0.3, 0.4) is 0 Å². The zero-order valence-corrected chi connectivity index (χ0v) is 16.6. The Morgan fingerprint density at radius 1 is 1.24 bits per heavy atom. The van der Waals surface area contributed by atoms with Gasteiger partial charge in [0.15, 0.2) is 16.3 Å². The number of thiazole rings is 1. The Balaban J connectivity index is 1.60. The van der Waals surface area contributed by atoms with E-state index >= 15 is 0 Å². The molecule has 3 heterocycles. The molecule has 0 radical (unpaired) electrons. The van der Waals surface area contributed by atoms with Gasteiger partial charge in [-0.3, -0.25) is 9.20 Å². The quantitative estimate of drug-likeness (QED) is 0.376. The maximum atomic E-state index is 13.3. The summed E-state index contributed by atoms with van der Waals surface area (Å²) < 4.78 is 20.9. The number of para-hydroxylation sites is 1. The van der Waals surface area contributed by atoms with Crippen molar-refractivity contribution in [2.75, 3.05) is 5.32 Å². The number of benzene rings is 2. The average molecular weight is 426 g/mol. The number of imidazole rings is 1. The number of halogens is 2. The molecule has 0 bridgehead atoms. The summed E-state index contributed by atoms with van der Waals surface area (Å²) in [5.41, 5.74) is 2.43. The molecule has 5 aromatic rings. The summed E-state index contributed by atoms with van der Waals surface area (Å²) in [4.78, 5) is 18.4. The van der Waals surface area contributed by atoms with Crippen LogP contribution in [0.25, 0.3) is 27.2 Å². The molecule has 2 aromatic carbocycles. The normalized spacial score (nSPS) is 11.4. The lowest BCUT2D eigenvalue weighted by Crippen LogP contribution is -2.14. The highest BCUT2D eigenvalue weighted by molar-refractivity contribution is 7.15. The summed E-state index contributed by atoms with van der Waals surface area (Å²) in [6.07, 6.45) is 1.82. The van der Waals surface area contributed by atoms with Gasteiger partial charge in [-0.05, 0) is 37.3 Å². The molecular weight excluding hydrogens is 413 g/mol. The van der Waals surface area contributed by atoms with E-state index in [0.29, 0.717) is 38.2 Å². The van der Waals surface area contributed by atoms with Crippen molar-refractivity contribution in [3.05, 3.63) is 76.2 Å². The van der Waals surface area contributed by atoms with Gasteiger partial charge in [-0.25, -0.2) is 9.37 Å². The van der Waals surface area contributed by atoms with Crippen molar-refractivity contribution in [2.45, 2.75) is 6.92 Å². The first-order valence-corrected chi connectivity index (χ1v) is 9.99. The Labute approximate surface area is 173 Å². The Bertz CT molecular complexity index is 1380. The zero-order valence-electron chi connectivity index (χ0n) is 15.1. The number of rotatable bonds is 3. The van der Waals surface area contributed by atoms with Crippen molar-refractivity contribution in [3.63, 3.8) is 0 Å². The third-order valence-electron chi connectivity index (χ3n) is 4.73. The van der Waals surface area contributed by atoms with Gasteiger partial charge >= 0.3 is 0 Å². The third-order valence-corrected chi connectivity index (χ3v) is 5.79. The van der Waals surface area contributed by atoms with Crippen LogP contribution in [0.15, 0.2) is 58.5 Å². The minimum absolute atomic E-state index is 0.184. The molecule has 1 amide bonds. The molecule has 0 unspecified atom stereocenters. The topological polar surface area (TPSA) is 59.5 Å². The monoisotopic (exact) mass is 425 g/mol. The molecule has 5 rings (SSSR count). The number of furan rings is 1. The van der Waals surface area contributed by atoms with E-state index in [1.807, 2.05) is 30.6 Å². The van der Waals surface area contributed by atoms with Crippen molar-refractivity contribution in [1.82, 2.24) is 9.38 Å². The largest absolute Gasteiger partial charge is 0.449 e. The van der Waals surface area contributed by atoms with E-state index < -0.39 is 5.91 Å². The molecule has 0 spiro atoms. The number of aryl methyl sites for hydroxylation is 1. The lowest BCUT2D eigenvalue weighted by Gasteiger charge is -2.06. The molecule has 0 aliphatic carbocycles. The molecule has 0 saturated heterocycles. The van der Waals surface area contributed by atoms with E-state index in [1.165, 1.54) is 23.5 Å². The smallest absolute Gasteiger partial charge is 0.292 e. The van der Waals surface area contributed by atoms with E-state index in [2.05, 4.69) is 10.3 Å². The van der Waals surface area contributed by atoms with Gasteiger partial charge in [0.25, 0.3) is 5.91 Å². The van der Waals surface area contributed by atoms with Crippen molar-refractivity contribution in [1.29, 1.82) is 0 Å². The molecule has 8 heteroatoms. The summed E-state index contributed by atoms with van der Waals surface area (Å²) in [6, 6.07) is 11.4. The second kappa shape index (κ2) is 6.72. The second-order valence-electron chi connectivity index (χ2n) is 6.50. The van der Waals surface area contributed by atoms with Crippen LogP contribution >= 0.6 is 22.9 Å². The molecule has 0 aliphatic heterocycles. The molecule has 0 fully saturated rings. The standard InChI is InChI=1S/C21H13ClFN3O2S/c1-11-14-3-2-4-15(22)18(14)28-17(11)20(27)25-19-16(12-5-7-13(23)8-6-12)24-21-26(19)9-10-29-21/h2-10H,1H3,(H,25,27).